The van der Waals surface area contributed by atoms with Crippen LogP contribution in [0.4, 0.5) is 5.69 Å². The Labute approximate surface area is 156 Å². The number of hydrogen-bond acceptors (Lipinski definition) is 3. The Balaban J connectivity index is 2.04. The number of hydrogen-bond donors (Lipinski definition) is 1. The quantitative estimate of drug-likeness (QED) is 0.796. The highest BCUT2D eigenvalue weighted by Gasteiger charge is 2.47. The number of carbonyl (C=O) groups excluding carboxylic acids is 1. The molecule has 3 heteroatoms. The third kappa shape index (κ3) is 2.33. The number of fused-ring (bicyclic) bond motifs is 3. The van der Waals surface area contributed by atoms with Gasteiger partial charge in [0, 0.05) is 17.6 Å². The molecule has 2 heterocycles. The van der Waals surface area contributed by atoms with Crippen molar-refractivity contribution in [2.24, 2.45) is 0 Å². The van der Waals surface area contributed by atoms with Crippen LogP contribution in [0.3, 0.4) is 0 Å². The van der Waals surface area contributed by atoms with Gasteiger partial charge in [-0.2, -0.15) is 0 Å². The van der Waals surface area contributed by atoms with E-state index in [0.717, 1.165) is 24.1 Å². The summed E-state index contributed by atoms with van der Waals surface area (Å²) in [7, 11) is 0. The highest BCUT2D eigenvalue weighted by molar-refractivity contribution is 6.04. The van der Waals surface area contributed by atoms with Crippen molar-refractivity contribution in [1.82, 2.24) is 4.98 Å². The summed E-state index contributed by atoms with van der Waals surface area (Å²) in [6.45, 7) is 12.3. The third-order valence-electron chi connectivity index (χ3n) is 6.18. The van der Waals surface area contributed by atoms with Crippen molar-refractivity contribution in [3.05, 3.63) is 46.3 Å². The van der Waals surface area contributed by atoms with Gasteiger partial charge in [-0.1, -0.05) is 0 Å². The van der Waals surface area contributed by atoms with Crippen molar-refractivity contribution >= 4 is 11.5 Å². The van der Waals surface area contributed by atoms with Crippen molar-refractivity contribution in [3.63, 3.8) is 0 Å². The maximum atomic E-state index is 13.1. The summed E-state index contributed by atoms with van der Waals surface area (Å²) in [5.74, 6) is 0.254. The number of rotatable bonds is 1. The standard InChI is InChI=1S/C23H28N2O/c1-13-12-24-14(2)10-17(13)18-11-19-20(16-9-7-8-15(16)18)25-23(5,6)21(26)22(19,3)4/h10-12,25H,7-9H2,1-6H3. The number of aryl methyl sites for hydroxylation is 2. The molecule has 1 aromatic heterocycles. The Morgan fingerprint density at radius 1 is 1.00 bits per heavy atom. The van der Waals surface area contributed by atoms with E-state index in [4.69, 9.17) is 0 Å². The summed E-state index contributed by atoms with van der Waals surface area (Å²) < 4.78 is 0. The van der Waals surface area contributed by atoms with E-state index in [1.165, 1.54) is 39.9 Å². The minimum absolute atomic E-state index is 0.254. The highest BCUT2D eigenvalue weighted by atomic mass is 16.1. The second-order valence-corrected chi connectivity index (χ2v) is 9.00. The molecule has 0 radical (unpaired) electrons. The fourth-order valence-corrected chi connectivity index (χ4v) is 4.85. The van der Waals surface area contributed by atoms with Gasteiger partial charge in [0.2, 0.25) is 0 Å². The molecule has 1 aliphatic carbocycles. The largest absolute Gasteiger partial charge is 0.373 e. The molecule has 0 unspecified atom stereocenters. The molecule has 26 heavy (non-hydrogen) atoms. The van der Waals surface area contributed by atoms with Crippen LogP contribution in [-0.2, 0) is 23.1 Å². The van der Waals surface area contributed by atoms with E-state index in [-0.39, 0.29) is 5.78 Å². The summed E-state index contributed by atoms with van der Waals surface area (Å²) in [5.41, 5.74) is 8.97. The second kappa shape index (κ2) is 5.42. The number of pyridine rings is 1. The number of Topliss-reactive ketones (excluding diaryl/α,β-unsaturated/α-hetero) is 1. The third-order valence-corrected chi connectivity index (χ3v) is 6.18. The van der Waals surface area contributed by atoms with E-state index < -0.39 is 11.0 Å². The lowest BCUT2D eigenvalue weighted by Gasteiger charge is -2.43. The number of carbonyl (C=O) groups is 1. The van der Waals surface area contributed by atoms with Gasteiger partial charge in [-0.3, -0.25) is 9.78 Å². The van der Waals surface area contributed by atoms with Crippen LogP contribution in [-0.4, -0.2) is 16.3 Å². The van der Waals surface area contributed by atoms with Gasteiger partial charge in [0.25, 0.3) is 0 Å². The molecule has 0 saturated carbocycles. The average molecular weight is 348 g/mol. The van der Waals surface area contributed by atoms with Crippen molar-refractivity contribution in [2.45, 2.75) is 71.8 Å². The molecule has 0 fully saturated rings. The first-order valence-electron chi connectivity index (χ1n) is 9.59. The maximum Gasteiger partial charge on any atom is 0.167 e. The Bertz CT molecular complexity index is 938. The fourth-order valence-electron chi connectivity index (χ4n) is 4.85. The first-order chi connectivity index (χ1) is 12.1. The summed E-state index contributed by atoms with van der Waals surface area (Å²) in [6, 6.07) is 4.46. The average Bonchev–Trinajstić information content (AvgIpc) is 3.05. The number of ketones is 1. The molecule has 3 nitrogen and oxygen atoms in total. The molecule has 0 atom stereocenters. The van der Waals surface area contributed by atoms with Gasteiger partial charge in [0.15, 0.2) is 5.78 Å². The molecule has 4 rings (SSSR count). The van der Waals surface area contributed by atoms with Gasteiger partial charge in [-0.15, -0.1) is 0 Å². The first kappa shape index (κ1) is 17.3. The van der Waals surface area contributed by atoms with Gasteiger partial charge in [0.05, 0.1) is 11.0 Å². The lowest BCUT2D eigenvalue weighted by atomic mass is 9.68. The molecule has 1 aromatic carbocycles. The normalized spacial score (nSPS) is 19.7. The van der Waals surface area contributed by atoms with Gasteiger partial charge in [0.1, 0.15) is 0 Å². The fraction of sp³-hybridized carbons (Fsp3) is 0.478. The van der Waals surface area contributed by atoms with E-state index in [2.05, 4.69) is 43.2 Å². The number of aromatic nitrogens is 1. The van der Waals surface area contributed by atoms with Crippen molar-refractivity contribution in [2.75, 3.05) is 5.32 Å². The molecule has 0 amide bonds. The molecular formula is C23H28N2O. The van der Waals surface area contributed by atoms with Crippen LogP contribution in [0.15, 0.2) is 18.3 Å². The van der Waals surface area contributed by atoms with Crippen LogP contribution < -0.4 is 5.32 Å². The lowest BCUT2D eigenvalue weighted by Crippen LogP contribution is -2.53. The highest BCUT2D eigenvalue weighted by Crippen LogP contribution is 2.48. The molecule has 1 N–H and O–H groups in total. The molecular weight excluding hydrogens is 320 g/mol. The van der Waals surface area contributed by atoms with Crippen LogP contribution in [0.1, 0.15) is 62.1 Å². The molecule has 1 aliphatic heterocycles. The SMILES string of the molecule is Cc1cc(-c2cc3c(c4c2CCC4)NC(C)(C)C(=O)C3(C)C)c(C)cn1. The van der Waals surface area contributed by atoms with E-state index in [1.807, 2.05) is 27.0 Å². The Morgan fingerprint density at radius 3 is 2.42 bits per heavy atom. The minimum Gasteiger partial charge on any atom is -0.373 e. The van der Waals surface area contributed by atoms with Gasteiger partial charge in [-0.05, 0) is 106 Å². The molecule has 2 aromatic rings. The predicted molar refractivity (Wildman–Crippen MR) is 107 cm³/mol. The van der Waals surface area contributed by atoms with Crippen LogP contribution >= 0.6 is 0 Å². The minimum atomic E-state index is -0.530. The Morgan fingerprint density at radius 2 is 1.69 bits per heavy atom. The number of nitrogens with one attached hydrogen (secondary N) is 1. The zero-order chi connectivity index (χ0) is 18.9. The second-order valence-electron chi connectivity index (χ2n) is 9.00. The number of benzene rings is 1. The van der Waals surface area contributed by atoms with Gasteiger partial charge >= 0.3 is 0 Å². The molecule has 2 aliphatic rings. The predicted octanol–water partition coefficient (Wildman–Crippen LogP) is 4.90. The number of anilines is 1. The molecule has 0 bridgehead atoms. The zero-order valence-electron chi connectivity index (χ0n) is 16.7. The van der Waals surface area contributed by atoms with Gasteiger partial charge in [-0.25, -0.2) is 0 Å². The molecule has 0 spiro atoms. The monoisotopic (exact) mass is 348 g/mol. The summed E-state index contributed by atoms with van der Waals surface area (Å²) in [5, 5.41) is 3.58. The smallest absolute Gasteiger partial charge is 0.167 e. The van der Waals surface area contributed by atoms with Crippen molar-refractivity contribution < 1.29 is 4.79 Å². The summed E-state index contributed by atoms with van der Waals surface area (Å²) in [4.78, 5) is 17.6. The van der Waals surface area contributed by atoms with Crippen LogP contribution in [0.2, 0.25) is 0 Å². The zero-order valence-corrected chi connectivity index (χ0v) is 16.7. The maximum absolute atomic E-state index is 13.1. The van der Waals surface area contributed by atoms with E-state index in [1.54, 1.807) is 0 Å². The van der Waals surface area contributed by atoms with Crippen LogP contribution in [0, 0.1) is 13.8 Å². The summed E-state index contributed by atoms with van der Waals surface area (Å²) >= 11 is 0. The van der Waals surface area contributed by atoms with Gasteiger partial charge < -0.3 is 5.32 Å². The van der Waals surface area contributed by atoms with Crippen LogP contribution in [0.5, 0.6) is 0 Å². The first-order valence-corrected chi connectivity index (χ1v) is 9.59. The van der Waals surface area contributed by atoms with Crippen molar-refractivity contribution in [1.29, 1.82) is 0 Å². The number of nitrogens with zero attached hydrogens (tertiary/aromatic N) is 1. The van der Waals surface area contributed by atoms with Crippen LogP contribution in [0.25, 0.3) is 11.1 Å². The lowest BCUT2D eigenvalue weighted by molar-refractivity contribution is -0.127. The topological polar surface area (TPSA) is 42.0 Å². The Kier molecular flexibility index (Phi) is 3.60. The van der Waals surface area contributed by atoms with E-state index in [0.29, 0.717) is 0 Å². The van der Waals surface area contributed by atoms with E-state index >= 15 is 0 Å². The Hall–Kier alpha value is -2.16. The van der Waals surface area contributed by atoms with E-state index in [9.17, 15) is 4.79 Å². The van der Waals surface area contributed by atoms with Crippen molar-refractivity contribution in [3.8, 4) is 11.1 Å². The molecule has 136 valence electrons. The summed E-state index contributed by atoms with van der Waals surface area (Å²) in [6.07, 6.45) is 5.33. The molecule has 0 saturated heterocycles.